The van der Waals surface area contributed by atoms with Crippen molar-refractivity contribution in [3.05, 3.63) is 52.6 Å². The number of methoxy groups -OCH3 is 1. The largest absolute Gasteiger partial charge is 0.457 e. The molecule has 0 radical (unpaired) electrons. The average Bonchev–Trinajstić information content (AvgIpc) is 3.20. The number of rotatable bonds is 5. The Kier molecular flexibility index (Phi) is 7.03. The summed E-state index contributed by atoms with van der Waals surface area (Å²) < 4.78 is 61.1. The summed E-state index contributed by atoms with van der Waals surface area (Å²) in [5, 5.41) is 3.10. The van der Waals surface area contributed by atoms with Crippen LogP contribution in [-0.2, 0) is 14.3 Å². The van der Waals surface area contributed by atoms with E-state index in [-0.39, 0.29) is 43.0 Å². The molecule has 2 unspecified atom stereocenters. The maximum Gasteiger partial charge on any atom is 0.457 e. The van der Waals surface area contributed by atoms with Gasteiger partial charge in [-0.2, -0.15) is 13.2 Å². The molecule has 8 heteroatoms. The van der Waals surface area contributed by atoms with Crippen LogP contribution in [0.3, 0.4) is 0 Å². The van der Waals surface area contributed by atoms with Gasteiger partial charge in [0.25, 0.3) is 0 Å². The van der Waals surface area contributed by atoms with Gasteiger partial charge >= 0.3 is 6.18 Å². The zero-order valence-electron chi connectivity index (χ0n) is 22.4. The summed E-state index contributed by atoms with van der Waals surface area (Å²) >= 11 is 0. The van der Waals surface area contributed by atoms with Crippen LogP contribution in [-0.4, -0.2) is 44.7 Å². The number of nitrogens with one attached hydrogen (secondary N) is 1. The summed E-state index contributed by atoms with van der Waals surface area (Å²) in [6, 6.07) is 7.85. The van der Waals surface area contributed by atoms with Crippen LogP contribution in [0.25, 0.3) is 0 Å². The van der Waals surface area contributed by atoms with Crippen molar-refractivity contribution in [2.45, 2.75) is 63.7 Å². The molecule has 4 aliphatic carbocycles. The van der Waals surface area contributed by atoms with E-state index in [9.17, 15) is 22.8 Å². The van der Waals surface area contributed by atoms with Gasteiger partial charge < -0.3 is 10.1 Å². The van der Waals surface area contributed by atoms with Crippen LogP contribution in [0.5, 0.6) is 0 Å². The number of ketones is 2. The number of anilines is 1. The van der Waals surface area contributed by atoms with Gasteiger partial charge in [0, 0.05) is 38.1 Å². The minimum atomic E-state index is -4.75. The topological polar surface area (TPSA) is 55.4 Å². The lowest BCUT2D eigenvalue weighted by molar-refractivity contribution is -0.137. The highest BCUT2D eigenvalue weighted by Crippen LogP contribution is 2.70. The lowest BCUT2D eigenvalue weighted by atomic mass is 9.48. The maximum atomic E-state index is 15.7. The van der Waals surface area contributed by atoms with Gasteiger partial charge in [0.05, 0.1) is 5.41 Å². The molecule has 0 spiro atoms. The van der Waals surface area contributed by atoms with Crippen LogP contribution in [0.15, 0.2) is 47.1 Å². The number of carbonyl (C=O) groups excluding carboxylic acids is 2. The Morgan fingerprint density at radius 3 is 2.56 bits per heavy atom. The van der Waals surface area contributed by atoms with Gasteiger partial charge in [-0.15, -0.1) is 0 Å². The number of allylic oxidation sites excluding steroid dienone is 4. The minimum absolute atomic E-state index is 0.0847. The first kappa shape index (κ1) is 27.6. The van der Waals surface area contributed by atoms with Crippen LogP contribution in [0, 0.1) is 34.5 Å². The Bertz CT molecular complexity index is 1300. The van der Waals surface area contributed by atoms with E-state index in [2.05, 4.69) is 11.2 Å². The molecule has 1 aromatic carbocycles. The van der Waals surface area contributed by atoms with Gasteiger partial charge in [0.2, 0.25) is 0 Å². The predicted molar refractivity (Wildman–Crippen MR) is 140 cm³/mol. The zero-order chi connectivity index (χ0) is 28.2. The number of halogens is 4. The SMILES string of the molecule is CNc1ccc(C2C[C@@]3(C)[C@@H](CC[C@@]3(C#CC(F)(F)F)C(=O)COC)[C@@H]3CC(F)C4=CC(=O)CCC4=C23)cc1. The molecule has 5 rings (SSSR count). The van der Waals surface area contributed by atoms with E-state index < -0.39 is 29.0 Å². The van der Waals surface area contributed by atoms with E-state index in [1.54, 1.807) is 0 Å². The fraction of sp³-hybridized carbons (Fsp3) is 0.548. The van der Waals surface area contributed by atoms with Crippen molar-refractivity contribution in [3.63, 3.8) is 0 Å². The second kappa shape index (κ2) is 9.92. The third kappa shape index (κ3) is 4.53. The van der Waals surface area contributed by atoms with E-state index in [1.165, 1.54) is 19.1 Å². The summed E-state index contributed by atoms with van der Waals surface area (Å²) in [6.45, 7) is 1.54. The predicted octanol–water partition coefficient (Wildman–Crippen LogP) is 6.34. The molecule has 0 aromatic heterocycles. The molecule has 2 saturated carbocycles. The van der Waals surface area contributed by atoms with Crippen LogP contribution in [0.1, 0.15) is 56.9 Å². The minimum Gasteiger partial charge on any atom is -0.388 e. The monoisotopic (exact) mass is 543 g/mol. The van der Waals surface area contributed by atoms with Gasteiger partial charge in [-0.05, 0) is 84.3 Å². The highest BCUT2D eigenvalue weighted by Gasteiger charge is 2.66. The normalized spacial score (nSPS) is 33.8. The van der Waals surface area contributed by atoms with Crippen LogP contribution in [0.4, 0.5) is 23.2 Å². The van der Waals surface area contributed by atoms with E-state index in [1.807, 2.05) is 38.2 Å². The Labute approximate surface area is 226 Å². The van der Waals surface area contributed by atoms with Crippen LogP contribution >= 0.6 is 0 Å². The molecule has 39 heavy (non-hydrogen) atoms. The number of Topliss-reactive ketones (excluding diaryl/α,β-unsaturated/α-hetero) is 1. The van der Waals surface area contributed by atoms with Gasteiger partial charge in [-0.3, -0.25) is 9.59 Å². The Hall–Kier alpha value is -2.92. The lowest BCUT2D eigenvalue weighted by Crippen LogP contribution is -2.52. The summed E-state index contributed by atoms with van der Waals surface area (Å²) in [5.41, 5.74) is 1.78. The number of hydrogen-bond acceptors (Lipinski definition) is 4. The van der Waals surface area contributed by atoms with Crippen molar-refractivity contribution in [1.82, 2.24) is 0 Å². The first-order valence-corrected chi connectivity index (χ1v) is 13.5. The fourth-order valence-electron chi connectivity index (χ4n) is 8.01. The highest BCUT2D eigenvalue weighted by molar-refractivity contribution is 5.93. The summed E-state index contributed by atoms with van der Waals surface area (Å²) in [4.78, 5) is 25.8. The number of alkyl halides is 4. The molecular weight excluding hydrogens is 510 g/mol. The van der Waals surface area contributed by atoms with E-state index in [4.69, 9.17) is 4.74 Å². The molecule has 4 nitrogen and oxygen atoms in total. The highest BCUT2D eigenvalue weighted by atomic mass is 19.4. The smallest absolute Gasteiger partial charge is 0.388 e. The number of ether oxygens (including phenoxy) is 1. The second-order valence-corrected chi connectivity index (χ2v) is 11.5. The Morgan fingerprint density at radius 1 is 1.21 bits per heavy atom. The van der Waals surface area contributed by atoms with E-state index in [0.717, 1.165) is 22.4 Å². The molecular formula is C31H33F4NO3. The number of hydrogen-bond donors (Lipinski definition) is 1. The summed E-state index contributed by atoms with van der Waals surface area (Å²) in [7, 11) is 3.16. The van der Waals surface area contributed by atoms with Gasteiger partial charge in [0.15, 0.2) is 11.6 Å². The van der Waals surface area contributed by atoms with Crippen molar-refractivity contribution in [2.75, 3.05) is 26.1 Å². The maximum absolute atomic E-state index is 15.7. The van der Waals surface area contributed by atoms with Crippen molar-refractivity contribution in [2.24, 2.45) is 22.7 Å². The molecule has 2 fully saturated rings. The average molecular weight is 544 g/mol. The fourth-order valence-corrected chi connectivity index (χ4v) is 8.01. The van der Waals surface area contributed by atoms with Gasteiger partial charge in [-0.25, -0.2) is 4.39 Å². The second-order valence-electron chi connectivity index (χ2n) is 11.5. The summed E-state index contributed by atoms with van der Waals surface area (Å²) in [6.07, 6.45) is -2.71. The third-order valence-corrected chi connectivity index (χ3v) is 9.72. The lowest BCUT2D eigenvalue weighted by Gasteiger charge is -2.55. The number of carbonyl (C=O) groups is 2. The number of benzene rings is 1. The molecule has 0 aliphatic heterocycles. The molecule has 0 heterocycles. The van der Waals surface area contributed by atoms with Crippen molar-refractivity contribution in [3.8, 4) is 11.8 Å². The summed E-state index contributed by atoms with van der Waals surface area (Å²) in [5.74, 6) is 2.59. The molecule has 1 aromatic rings. The molecule has 1 N–H and O–H groups in total. The van der Waals surface area contributed by atoms with E-state index in [0.29, 0.717) is 31.3 Å². The quantitative estimate of drug-likeness (QED) is 0.348. The van der Waals surface area contributed by atoms with Crippen LogP contribution < -0.4 is 5.32 Å². The molecule has 208 valence electrons. The van der Waals surface area contributed by atoms with Gasteiger partial charge in [-0.1, -0.05) is 30.6 Å². The molecule has 0 bridgehead atoms. The molecule has 6 atom stereocenters. The van der Waals surface area contributed by atoms with Crippen molar-refractivity contribution >= 4 is 17.3 Å². The van der Waals surface area contributed by atoms with Gasteiger partial charge in [0.1, 0.15) is 12.8 Å². The Balaban J connectivity index is 1.72. The zero-order valence-corrected chi connectivity index (χ0v) is 22.4. The van der Waals surface area contributed by atoms with Crippen molar-refractivity contribution < 1.29 is 31.9 Å². The standard InChI is InChI=1S/C31H33F4NO3/c1-29-16-24(18-4-6-19(36-2)7-5-18)28-21-9-8-20(37)14-22(21)26(32)15-23(28)25(29)10-11-30(29,27(38)17-39-3)12-13-31(33,34)35/h4-7,14,23-26,36H,8-11,15-17H2,1-3H3/t23-,24?,25-,26?,29-,30+/m0/s1. The molecule has 4 aliphatic rings. The molecule has 0 saturated heterocycles. The number of fused-ring (bicyclic) bond motifs is 4. The first-order chi connectivity index (χ1) is 18.4. The van der Waals surface area contributed by atoms with Crippen molar-refractivity contribution in [1.29, 1.82) is 0 Å². The van der Waals surface area contributed by atoms with Crippen LogP contribution in [0.2, 0.25) is 0 Å². The molecule has 0 amide bonds. The third-order valence-electron chi connectivity index (χ3n) is 9.72. The van der Waals surface area contributed by atoms with E-state index >= 15 is 4.39 Å². The first-order valence-electron chi connectivity index (χ1n) is 13.5. The Morgan fingerprint density at radius 2 is 1.92 bits per heavy atom.